The molecule has 2 amide bonds. The third kappa shape index (κ3) is 6.67. The van der Waals surface area contributed by atoms with Gasteiger partial charge in [-0.05, 0) is 35.4 Å². The number of halogens is 2. The van der Waals surface area contributed by atoms with Crippen molar-refractivity contribution in [3.8, 4) is 5.75 Å². The van der Waals surface area contributed by atoms with E-state index in [-0.39, 0.29) is 31.4 Å². The van der Waals surface area contributed by atoms with Crippen LogP contribution in [0.25, 0.3) is 0 Å². The van der Waals surface area contributed by atoms with Crippen molar-refractivity contribution < 1.29 is 18.7 Å². The molecule has 0 aliphatic carbocycles. The molecule has 3 aromatic carbocycles. The molecule has 0 radical (unpaired) electrons. The minimum atomic E-state index is -0.932. The van der Waals surface area contributed by atoms with Gasteiger partial charge in [-0.1, -0.05) is 72.3 Å². The molecule has 0 bridgehead atoms. The number of nitrogens with one attached hydrogen (secondary N) is 1. The summed E-state index contributed by atoms with van der Waals surface area (Å²) < 4.78 is 19.1. The zero-order chi connectivity index (χ0) is 23.6. The lowest BCUT2D eigenvalue weighted by atomic mass is 10.0. The molecule has 0 spiro atoms. The Morgan fingerprint density at radius 2 is 1.70 bits per heavy atom. The average molecular weight is 467 g/mol. The van der Waals surface area contributed by atoms with Crippen LogP contribution >= 0.6 is 11.6 Å². The summed E-state index contributed by atoms with van der Waals surface area (Å²) in [6.45, 7) is 3.62. The van der Waals surface area contributed by atoms with E-state index in [0.29, 0.717) is 21.9 Å². The van der Waals surface area contributed by atoms with Crippen molar-refractivity contribution in [2.45, 2.75) is 12.6 Å². The minimum Gasteiger partial charge on any atom is -0.482 e. The molecule has 0 fully saturated rings. The lowest BCUT2D eigenvalue weighted by molar-refractivity contribution is -0.143. The zero-order valence-corrected chi connectivity index (χ0v) is 18.7. The largest absolute Gasteiger partial charge is 0.482 e. The van der Waals surface area contributed by atoms with E-state index in [2.05, 4.69) is 11.9 Å². The van der Waals surface area contributed by atoms with E-state index in [1.165, 1.54) is 17.0 Å². The van der Waals surface area contributed by atoms with Crippen molar-refractivity contribution in [1.82, 2.24) is 10.2 Å². The molecule has 0 unspecified atom stereocenters. The fraction of sp³-hybridized carbons (Fsp3) is 0.154. The second-order valence-corrected chi connectivity index (χ2v) is 7.62. The van der Waals surface area contributed by atoms with Crippen LogP contribution in [0.5, 0.6) is 5.75 Å². The van der Waals surface area contributed by atoms with Crippen molar-refractivity contribution in [1.29, 1.82) is 0 Å². The van der Waals surface area contributed by atoms with Crippen LogP contribution in [0.4, 0.5) is 4.39 Å². The Hall–Kier alpha value is -3.64. The summed E-state index contributed by atoms with van der Waals surface area (Å²) in [5.74, 6) is -0.820. The number of amides is 2. The third-order valence-corrected chi connectivity index (χ3v) is 5.18. The molecule has 1 atom stereocenters. The van der Waals surface area contributed by atoms with E-state index in [9.17, 15) is 14.0 Å². The Morgan fingerprint density at radius 1 is 1.03 bits per heavy atom. The Bertz CT molecular complexity index is 1090. The maximum atomic E-state index is 13.4. The van der Waals surface area contributed by atoms with Gasteiger partial charge < -0.3 is 15.0 Å². The van der Waals surface area contributed by atoms with Gasteiger partial charge in [0, 0.05) is 13.1 Å². The number of ether oxygens (including phenoxy) is 1. The van der Waals surface area contributed by atoms with E-state index >= 15 is 0 Å². The first-order chi connectivity index (χ1) is 16.0. The molecular weight excluding hydrogens is 443 g/mol. The predicted molar refractivity (Wildman–Crippen MR) is 126 cm³/mol. The molecule has 0 aromatic heterocycles. The molecule has 7 heteroatoms. The first kappa shape index (κ1) is 24.0. The Kier molecular flexibility index (Phi) is 8.61. The summed E-state index contributed by atoms with van der Waals surface area (Å²) >= 11 is 6.14. The standard InChI is InChI=1S/C26H24ClFN2O3/c1-2-16-29-26(32)25(20-8-4-3-5-9-20)30(17-19-12-14-21(28)15-13-19)24(31)18-33-23-11-7-6-10-22(23)27/h2-15,25H,1,16-18H2,(H,29,32)/t25-/m1/s1. The molecule has 0 aliphatic rings. The SMILES string of the molecule is C=CCNC(=O)[C@@H](c1ccccc1)N(Cc1ccc(F)cc1)C(=O)COc1ccccc1Cl. The summed E-state index contributed by atoms with van der Waals surface area (Å²) in [6, 6.07) is 20.6. The summed E-state index contributed by atoms with van der Waals surface area (Å²) in [6.07, 6.45) is 1.56. The Balaban J connectivity index is 1.93. The number of rotatable bonds is 10. The topological polar surface area (TPSA) is 58.6 Å². The number of nitrogens with zero attached hydrogens (tertiary/aromatic N) is 1. The Labute approximate surface area is 197 Å². The van der Waals surface area contributed by atoms with Crippen LogP contribution in [-0.2, 0) is 16.1 Å². The zero-order valence-electron chi connectivity index (χ0n) is 17.9. The summed E-state index contributed by atoms with van der Waals surface area (Å²) in [4.78, 5) is 27.9. The smallest absolute Gasteiger partial charge is 0.261 e. The second kappa shape index (κ2) is 11.8. The summed E-state index contributed by atoms with van der Waals surface area (Å²) in [5.41, 5.74) is 1.30. The highest BCUT2D eigenvalue weighted by molar-refractivity contribution is 6.32. The summed E-state index contributed by atoms with van der Waals surface area (Å²) in [7, 11) is 0. The maximum absolute atomic E-state index is 13.4. The van der Waals surface area contributed by atoms with Gasteiger partial charge in [-0.3, -0.25) is 9.59 Å². The molecule has 0 aliphatic heterocycles. The lowest BCUT2D eigenvalue weighted by Gasteiger charge is -2.31. The molecule has 0 saturated carbocycles. The summed E-state index contributed by atoms with van der Waals surface area (Å²) in [5, 5.41) is 3.15. The minimum absolute atomic E-state index is 0.0755. The lowest BCUT2D eigenvalue weighted by Crippen LogP contribution is -2.45. The van der Waals surface area contributed by atoms with Crippen molar-refractivity contribution in [3.63, 3.8) is 0 Å². The highest BCUT2D eigenvalue weighted by Gasteiger charge is 2.31. The van der Waals surface area contributed by atoms with E-state index in [0.717, 1.165) is 0 Å². The van der Waals surface area contributed by atoms with Gasteiger partial charge in [-0.15, -0.1) is 6.58 Å². The number of hydrogen-bond donors (Lipinski definition) is 1. The number of hydrogen-bond acceptors (Lipinski definition) is 3. The van der Waals surface area contributed by atoms with Crippen molar-refractivity contribution in [2.75, 3.05) is 13.2 Å². The fourth-order valence-corrected chi connectivity index (χ4v) is 3.46. The highest BCUT2D eigenvalue weighted by Crippen LogP contribution is 2.26. The predicted octanol–water partition coefficient (Wildman–Crippen LogP) is 4.93. The van der Waals surface area contributed by atoms with Gasteiger partial charge in [0.15, 0.2) is 6.61 Å². The highest BCUT2D eigenvalue weighted by atomic mass is 35.5. The molecule has 170 valence electrons. The van der Waals surface area contributed by atoms with Crippen LogP contribution in [-0.4, -0.2) is 29.9 Å². The number of benzene rings is 3. The van der Waals surface area contributed by atoms with Gasteiger partial charge in [-0.25, -0.2) is 4.39 Å². The number of carbonyl (C=O) groups excluding carboxylic acids is 2. The molecule has 0 heterocycles. The molecular formula is C26H24ClFN2O3. The molecule has 0 saturated heterocycles. The van der Waals surface area contributed by atoms with E-state index in [4.69, 9.17) is 16.3 Å². The van der Waals surface area contributed by atoms with Crippen LogP contribution in [0.15, 0.2) is 91.5 Å². The maximum Gasteiger partial charge on any atom is 0.261 e. The number of carbonyl (C=O) groups is 2. The van der Waals surface area contributed by atoms with Crippen LogP contribution in [0.2, 0.25) is 5.02 Å². The van der Waals surface area contributed by atoms with Crippen LogP contribution in [0.1, 0.15) is 17.2 Å². The van der Waals surface area contributed by atoms with E-state index in [1.54, 1.807) is 66.7 Å². The van der Waals surface area contributed by atoms with Crippen LogP contribution in [0.3, 0.4) is 0 Å². The van der Waals surface area contributed by atoms with Gasteiger partial charge >= 0.3 is 0 Å². The molecule has 1 N–H and O–H groups in total. The van der Waals surface area contributed by atoms with Crippen molar-refractivity contribution >= 4 is 23.4 Å². The molecule has 5 nitrogen and oxygen atoms in total. The van der Waals surface area contributed by atoms with E-state index < -0.39 is 11.9 Å². The van der Waals surface area contributed by atoms with Gasteiger partial charge in [-0.2, -0.15) is 0 Å². The Morgan fingerprint density at radius 3 is 2.36 bits per heavy atom. The molecule has 33 heavy (non-hydrogen) atoms. The van der Waals surface area contributed by atoms with Crippen molar-refractivity contribution in [2.24, 2.45) is 0 Å². The normalized spacial score (nSPS) is 11.3. The van der Waals surface area contributed by atoms with Gasteiger partial charge in [0.25, 0.3) is 5.91 Å². The van der Waals surface area contributed by atoms with Crippen molar-refractivity contribution in [3.05, 3.63) is 113 Å². The van der Waals surface area contributed by atoms with Gasteiger partial charge in [0.05, 0.1) is 5.02 Å². The average Bonchev–Trinajstić information content (AvgIpc) is 2.83. The van der Waals surface area contributed by atoms with Crippen LogP contribution in [0, 0.1) is 5.82 Å². The second-order valence-electron chi connectivity index (χ2n) is 7.21. The van der Waals surface area contributed by atoms with Crippen LogP contribution < -0.4 is 10.1 Å². The monoisotopic (exact) mass is 466 g/mol. The molecule has 3 aromatic rings. The van der Waals surface area contributed by atoms with Gasteiger partial charge in [0.2, 0.25) is 5.91 Å². The quantitative estimate of drug-likeness (QED) is 0.431. The fourth-order valence-electron chi connectivity index (χ4n) is 3.27. The molecule has 3 rings (SSSR count). The first-order valence-electron chi connectivity index (χ1n) is 10.3. The number of para-hydroxylation sites is 1. The third-order valence-electron chi connectivity index (χ3n) is 4.87. The van der Waals surface area contributed by atoms with Gasteiger partial charge in [0.1, 0.15) is 17.6 Å². The first-order valence-corrected chi connectivity index (χ1v) is 10.7. The van der Waals surface area contributed by atoms with E-state index in [1.807, 2.05) is 6.07 Å².